The van der Waals surface area contributed by atoms with Gasteiger partial charge in [-0.3, -0.25) is 19.3 Å². The molecule has 1 N–H and O–H groups in total. The Balaban J connectivity index is 2.67. The number of amides is 1. The third-order valence-electron chi connectivity index (χ3n) is 4.69. The summed E-state index contributed by atoms with van der Waals surface area (Å²) in [5.74, 6) is -3.02. The van der Waals surface area contributed by atoms with Gasteiger partial charge in [0.2, 0.25) is 19.5 Å². The van der Waals surface area contributed by atoms with Crippen LogP contribution in [0.4, 0.5) is 9.59 Å². The van der Waals surface area contributed by atoms with Crippen LogP contribution in [0.25, 0.3) is 0 Å². The monoisotopic (exact) mass is 582 g/mol. The number of nitrogens with zero attached hydrogens (tertiary/aromatic N) is 1. The third-order valence-corrected chi connectivity index (χ3v) is 6.52. The number of carbonyl (C=O) groups excluding carboxylic acids is 6. The molecule has 216 valence electrons. The average molecular weight is 583 g/mol. The predicted molar refractivity (Wildman–Crippen MR) is 135 cm³/mol. The first-order valence-electron chi connectivity index (χ1n) is 11.6. The summed E-state index contributed by atoms with van der Waals surface area (Å²) >= 11 is 1.08. The van der Waals surface area contributed by atoms with Gasteiger partial charge in [-0.15, -0.1) is 0 Å². The van der Waals surface area contributed by atoms with Crippen molar-refractivity contribution in [3.8, 4) is 0 Å². The fourth-order valence-electron chi connectivity index (χ4n) is 2.69. The van der Waals surface area contributed by atoms with E-state index in [0.29, 0.717) is 49.7 Å². The van der Waals surface area contributed by atoms with E-state index < -0.39 is 58.8 Å². The summed E-state index contributed by atoms with van der Waals surface area (Å²) in [5, 5.41) is 0.771. The third kappa shape index (κ3) is 15.0. The Hall–Kier alpha value is -2.56. The van der Waals surface area contributed by atoms with Gasteiger partial charge in [0, 0.05) is 39.2 Å². The molecular weight excluding hydrogens is 548 g/mol. The molecule has 0 saturated carbocycles. The smallest absolute Gasteiger partial charge is 0.371 e. The number of ether oxygens (including phenoxy) is 6. The average Bonchev–Trinajstić information content (AvgIpc) is 2.83. The molecule has 0 aromatic rings. The number of nitrogens with one attached hydrogen (secondary N) is 1. The van der Waals surface area contributed by atoms with Gasteiger partial charge in [0.15, 0.2) is 0 Å². The molecule has 1 fully saturated rings. The Morgan fingerprint density at radius 1 is 0.895 bits per heavy atom. The van der Waals surface area contributed by atoms with Crippen LogP contribution in [-0.4, -0.2) is 109 Å². The minimum atomic E-state index is -1.40. The molecule has 0 radical (unpaired) electrons. The van der Waals surface area contributed by atoms with E-state index in [4.69, 9.17) is 18.9 Å². The van der Waals surface area contributed by atoms with E-state index in [1.54, 1.807) is 0 Å². The zero-order chi connectivity index (χ0) is 28.6. The summed E-state index contributed by atoms with van der Waals surface area (Å²) in [7, 11) is 0. The van der Waals surface area contributed by atoms with Crippen molar-refractivity contribution >= 4 is 57.9 Å². The molecular formula is C22H34N2O12S2. The fraction of sp³-hybridized carbons (Fsp3) is 0.727. The van der Waals surface area contributed by atoms with Crippen molar-refractivity contribution in [2.75, 3.05) is 58.8 Å². The molecule has 1 heterocycles. The molecule has 1 aliphatic heterocycles. The van der Waals surface area contributed by atoms with E-state index in [9.17, 15) is 28.8 Å². The van der Waals surface area contributed by atoms with Crippen molar-refractivity contribution in [3.63, 3.8) is 0 Å². The van der Waals surface area contributed by atoms with Crippen LogP contribution in [0, 0.1) is 0 Å². The molecule has 38 heavy (non-hydrogen) atoms. The zero-order valence-corrected chi connectivity index (χ0v) is 23.4. The van der Waals surface area contributed by atoms with Gasteiger partial charge in [0.05, 0.1) is 24.6 Å². The largest absolute Gasteiger partial charge is 0.464 e. The molecule has 0 aromatic heterocycles. The molecule has 0 unspecified atom stereocenters. The number of hydrogen-bond donors (Lipinski definition) is 1. The SMILES string of the molecule is CC(=O)OCOC(=O)SC[C@H](NC(=O)C(C)(C)SC(=O)OCOC(C)=O)C(=O)OCCCN1CCOCC1. The normalized spacial score (nSPS) is 14.5. The molecule has 0 aliphatic carbocycles. The van der Waals surface area contributed by atoms with Crippen molar-refractivity contribution in [3.05, 3.63) is 0 Å². The summed E-state index contributed by atoms with van der Waals surface area (Å²) in [6.07, 6.45) is 0.555. The number of morpholine rings is 1. The molecule has 16 heteroatoms. The number of thioether (sulfide) groups is 2. The van der Waals surface area contributed by atoms with Crippen LogP contribution in [-0.2, 0) is 47.6 Å². The first-order chi connectivity index (χ1) is 17.9. The van der Waals surface area contributed by atoms with Gasteiger partial charge in [-0.1, -0.05) is 0 Å². The van der Waals surface area contributed by atoms with E-state index in [1.807, 2.05) is 0 Å². The summed E-state index contributed by atoms with van der Waals surface area (Å²) in [6.45, 7) is 7.58. The van der Waals surface area contributed by atoms with Crippen molar-refractivity contribution in [2.45, 2.75) is 44.9 Å². The topological polar surface area (TPSA) is 173 Å². The maximum absolute atomic E-state index is 12.9. The second kappa shape index (κ2) is 17.9. The van der Waals surface area contributed by atoms with Crippen LogP contribution in [0.3, 0.4) is 0 Å². The van der Waals surface area contributed by atoms with E-state index in [-0.39, 0.29) is 12.4 Å². The van der Waals surface area contributed by atoms with Crippen molar-refractivity contribution in [1.29, 1.82) is 0 Å². The predicted octanol–water partition coefficient (Wildman–Crippen LogP) is 1.30. The lowest BCUT2D eigenvalue weighted by atomic mass is 10.2. The second-order valence-electron chi connectivity index (χ2n) is 8.22. The van der Waals surface area contributed by atoms with Crippen LogP contribution in [0.2, 0.25) is 0 Å². The van der Waals surface area contributed by atoms with E-state index in [0.717, 1.165) is 26.9 Å². The van der Waals surface area contributed by atoms with Crippen LogP contribution in [0.15, 0.2) is 0 Å². The fourth-order valence-corrected chi connectivity index (χ4v) is 4.01. The number of carbonyl (C=O) groups is 6. The highest BCUT2D eigenvalue weighted by Crippen LogP contribution is 2.27. The maximum Gasteiger partial charge on any atom is 0.371 e. The Labute approximate surface area is 229 Å². The second-order valence-corrected chi connectivity index (χ2v) is 10.7. The minimum absolute atomic E-state index is 0.0880. The summed E-state index contributed by atoms with van der Waals surface area (Å²) in [5.41, 5.74) is 0. The molecule has 1 rings (SSSR count). The first-order valence-corrected chi connectivity index (χ1v) is 13.4. The van der Waals surface area contributed by atoms with Crippen LogP contribution >= 0.6 is 23.5 Å². The Morgan fingerprint density at radius 2 is 1.47 bits per heavy atom. The quantitative estimate of drug-likeness (QED) is 0.134. The number of hydrogen-bond acceptors (Lipinski definition) is 15. The van der Waals surface area contributed by atoms with Crippen LogP contribution in [0.1, 0.15) is 34.1 Å². The molecule has 0 aromatic carbocycles. The summed E-state index contributed by atoms with van der Waals surface area (Å²) < 4.78 is 27.7. The van der Waals surface area contributed by atoms with E-state index in [2.05, 4.69) is 19.7 Å². The lowest BCUT2D eigenvalue weighted by Gasteiger charge is -2.27. The highest BCUT2D eigenvalue weighted by atomic mass is 32.2. The lowest BCUT2D eigenvalue weighted by Crippen LogP contribution is -2.50. The number of esters is 3. The van der Waals surface area contributed by atoms with Gasteiger partial charge in [-0.25, -0.2) is 14.4 Å². The van der Waals surface area contributed by atoms with Crippen LogP contribution < -0.4 is 5.32 Å². The van der Waals surface area contributed by atoms with E-state index >= 15 is 0 Å². The van der Waals surface area contributed by atoms with Gasteiger partial charge >= 0.3 is 28.5 Å². The standard InChI is InChI=1S/C22H34N2O12S2/c1-15(25)33-13-35-20(29)37-12-17(18(27)32-9-5-6-24-7-10-31-11-8-24)23-19(28)22(3,4)38-21(30)36-14-34-16(2)26/h17H,5-14H2,1-4H3,(H,23,28)/t17-/m0/s1. The molecule has 1 atom stereocenters. The van der Waals surface area contributed by atoms with E-state index in [1.165, 1.54) is 13.8 Å². The summed E-state index contributed by atoms with van der Waals surface area (Å²) in [4.78, 5) is 73.3. The molecule has 14 nitrogen and oxygen atoms in total. The van der Waals surface area contributed by atoms with Crippen molar-refractivity contribution in [2.24, 2.45) is 0 Å². The zero-order valence-electron chi connectivity index (χ0n) is 21.8. The first kappa shape index (κ1) is 33.5. The summed E-state index contributed by atoms with van der Waals surface area (Å²) in [6, 6.07) is -1.26. The van der Waals surface area contributed by atoms with Gasteiger partial charge in [-0.2, -0.15) is 0 Å². The van der Waals surface area contributed by atoms with Crippen molar-refractivity contribution < 1.29 is 57.2 Å². The van der Waals surface area contributed by atoms with Gasteiger partial charge in [0.25, 0.3) is 0 Å². The highest BCUT2D eigenvalue weighted by molar-refractivity contribution is 8.15. The van der Waals surface area contributed by atoms with Crippen LogP contribution in [0.5, 0.6) is 0 Å². The maximum atomic E-state index is 12.9. The minimum Gasteiger partial charge on any atom is -0.464 e. The van der Waals surface area contributed by atoms with Gasteiger partial charge < -0.3 is 33.7 Å². The molecule has 1 aliphatic rings. The molecule has 1 amide bonds. The number of rotatable bonds is 14. The Bertz CT molecular complexity index is 833. The lowest BCUT2D eigenvalue weighted by molar-refractivity contribution is -0.149. The van der Waals surface area contributed by atoms with Gasteiger partial charge in [0.1, 0.15) is 6.04 Å². The molecule has 1 saturated heterocycles. The van der Waals surface area contributed by atoms with Gasteiger partial charge in [-0.05, 0) is 43.8 Å². The molecule has 0 bridgehead atoms. The molecule has 0 spiro atoms. The Kier molecular flexibility index (Phi) is 15.7. The van der Waals surface area contributed by atoms with Crippen molar-refractivity contribution in [1.82, 2.24) is 10.2 Å². The highest BCUT2D eigenvalue weighted by Gasteiger charge is 2.36. The Morgan fingerprint density at radius 3 is 2.05 bits per heavy atom.